The number of amides is 1. The lowest BCUT2D eigenvalue weighted by Crippen LogP contribution is -2.38. The van der Waals surface area contributed by atoms with Gasteiger partial charge in [-0.25, -0.2) is 4.79 Å². The van der Waals surface area contributed by atoms with Gasteiger partial charge in [0.25, 0.3) is 0 Å². The predicted molar refractivity (Wildman–Crippen MR) is 83.1 cm³/mol. The van der Waals surface area contributed by atoms with Crippen LogP contribution in [0.5, 0.6) is 0 Å². The van der Waals surface area contributed by atoms with E-state index >= 15 is 0 Å². The summed E-state index contributed by atoms with van der Waals surface area (Å²) in [6.45, 7) is 5.35. The summed E-state index contributed by atoms with van der Waals surface area (Å²) >= 11 is 0. The number of benzene rings is 1. The summed E-state index contributed by atoms with van der Waals surface area (Å²) in [6.07, 6.45) is -0.387. The van der Waals surface area contributed by atoms with Gasteiger partial charge >= 0.3 is 12.1 Å². The number of carbonyl (C=O) groups is 2. The Morgan fingerprint density at radius 3 is 2.59 bits per heavy atom. The van der Waals surface area contributed by atoms with Crippen molar-refractivity contribution in [2.75, 3.05) is 7.11 Å². The number of rotatable bonds is 5. The van der Waals surface area contributed by atoms with E-state index in [1.54, 1.807) is 20.8 Å². The van der Waals surface area contributed by atoms with Crippen LogP contribution in [0.1, 0.15) is 44.5 Å². The molecule has 1 unspecified atom stereocenters. The van der Waals surface area contributed by atoms with Crippen molar-refractivity contribution in [1.82, 2.24) is 5.32 Å². The molecule has 0 radical (unpaired) electrons. The molecule has 0 spiro atoms. The molecule has 1 atom stereocenters. The van der Waals surface area contributed by atoms with Crippen LogP contribution in [0, 0.1) is 0 Å². The smallest absolute Gasteiger partial charge is 0.409 e. The van der Waals surface area contributed by atoms with Gasteiger partial charge in [0, 0.05) is 6.42 Å². The van der Waals surface area contributed by atoms with Gasteiger partial charge in [-0.2, -0.15) is 0 Å². The number of alkyl carbamates (subject to hydrolysis) is 1. The predicted octanol–water partition coefficient (Wildman–Crippen LogP) is 2.27. The zero-order valence-corrected chi connectivity index (χ0v) is 13.5. The molecule has 0 bridgehead atoms. The first-order valence-corrected chi connectivity index (χ1v) is 7.12. The van der Waals surface area contributed by atoms with Gasteiger partial charge in [0.05, 0.1) is 7.11 Å². The van der Waals surface area contributed by atoms with E-state index in [9.17, 15) is 9.59 Å². The molecule has 0 saturated heterocycles. The minimum Gasteiger partial charge on any atom is -0.469 e. The SMILES string of the molecule is COC(=O)CCc1cccc(C(N)NC(=O)OC(C)(C)C)c1. The average molecular weight is 308 g/mol. The van der Waals surface area contributed by atoms with Crippen LogP contribution in [0.3, 0.4) is 0 Å². The van der Waals surface area contributed by atoms with E-state index in [-0.39, 0.29) is 5.97 Å². The zero-order chi connectivity index (χ0) is 16.8. The number of hydrogen-bond donors (Lipinski definition) is 2. The number of methoxy groups -OCH3 is 1. The highest BCUT2D eigenvalue weighted by molar-refractivity contribution is 5.69. The highest BCUT2D eigenvalue weighted by atomic mass is 16.6. The van der Waals surface area contributed by atoms with Crippen LogP contribution in [0.25, 0.3) is 0 Å². The molecule has 0 aliphatic rings. The zero-order valence-electron chi connectivity index (χ0n) is 13.5. The third-order valence-electron chi connectivity index (χ3n) is 2.83. The molecule has 1 rings (SSSR count). The third kappa shape index (κ3) is 6.58. The monoisotopic (exact) mass is 308 g/mol. The first-order valence-electron chi connectivity index (χ1n) is 7.12. The quantitative estimate of drug-likeness (QED) is 0.643. The van der Waals surface area contributed by atoms with E-state index in [1.807, 2.05) is 24.3 Å². The average Bonchev–Trinajstić information content (AvgIpc) is 2.42. The maximum Gasteiger partial charge on any atom is 0.409 e. The topological polar surface area (TPSA) is 90.6 Å². The van der Waals surface area contributed by atoms with Crippen molar-refractivity contribution in [2.24, 2.45) is 5.73 Å². The normalized spacial score (nSPS) is 12.4. The second-order valence-corrected chi connectivity index (χ2v) is 5.95. The molecule has 1 aromatic rings. The summed E-state index contributed by atoms with van der Waals surface area (Å²) < 4.78 is 9.77. The number of hydrogen-bond acceptors (Lipinski definition) is 5. The van der Waals surface area contributed by atoms with Gasteiger partial charge in [0.2, 0.25) is 0 Å². The first-order chi connectivity index (χ1) is 10.2. The molecular weight excluding hydrogens is 284 g/mol. The Morgan fingerprint density at radius 2 is 2.00 bits per heavy atom. The molecule has 3 N–H and O–H groups in total. The fourth-order valence-electron chi connectivity index (χ4n) is 1.81. The van der Waals surface area contributed by atoms with Crippen LogP contribution >= 0.6 is 0 Å². The number of nitrogens with two attached hydrogens (primary N) is 1. The van der Waals surface area contributed by atoms with Gasteiger partial charge in [0.15, 0.2) is 0 Å². The van der Waals surface area contributed by atoms with Gasteiger partial charge in [-0.05, 0) is 38.3 Å². The molecule has 0 fully saturated rings. The van der Waals surface area contributed by atoms with Crippen molar-refractivity contribution in [3.05, 3.63) is 35.4 Å². The van der Waals surface area contributed by atoms with E-state index in [0.29, 0.717) is 12.8 Å². The Hall–Kier alpha value is -2.08. The van der Waals surface area contributed by atoms with Crippen LogP contribution < -0.4 is 11.1 Å². The summed E-state index contributed by atoms with van der Waals surface area (Å²) in [5.74, 6) is -0.262. The fourth-order valence-corrected chi connectivity index (χ4v) is 1.81. The first kappa shape index (κ1) is 18.0. The standard InChI is InChI=1S/C16H24N2O4/c1-16(2,3)22-15(20)18-14(17)12-7-5-6-11(10-12)8-9-13(19)21-4/h5-7,10,14H,8-9,17H2,1-4H3,(H,18,20). The fraction of sp³-hybridized carbons (Fsp3) is 0.500. The lowest BCUT2D eigenvalue weighted by molar-refractivity contribution is -0.140. The van der Waals surface area contributed by atoms with Crippen molar-refractivity contribution in [2.45, 2.75) is 45.4 Å². The minimum atomic E-state index is -0.673. The van der Waals surface area contributed by atoms with E-state index in [0.717, 1.165) is 11.1 Å². The van der Waals surface area contributed by atoms with Gasteiger partial charge in [-0.3, -0.25) is 4.79 Å². The lowest BCUT2D eigenvalue weighted by Gasteiger charge is -2.22. The van der Waals surface area contributed by atoms with Gasteiger partial charge in [0.1, 0.15) is 11.8 Å². The number of ether oxygens (including phenoxy) is 2. The molecule has 0 aliphatic heterocycles. The minimum absolute atomic E-state index is 0.262. The molecule has 6 heteroatoms. The Kier molecular flexibility index (Phi) is 6.37. The third-order valence-corrected chi connectivity index (χ3v) is 2.83. The highest BCUT2D eigenvalue weighted by Gasteiger charge is 2.18. The molecule has 0 aliphatic carbocycles. The number of carbonyl (C=O) groups excluding carboxylic acids is 2. The second-order valence-electron chi connectivity index (χ2n) is 5.95. The van der Waals surface area contributed by atoms with E-state index in [1.165, 1.54) is 7.11 Å². The Morgan fingerprint density at radius 1 is 1.32 bits per heavy atom. The van der Waals surface area contributed by atoms with Crippen LogP contribution in [0.15, 0.2) is 24.3 Å². The Labute approximate surface area is 131 Å². The molecule has 0 heterocycles. The van der Waals surface area contributed by atoms with Gasteiger partial charge in [-0.1, -0.05) is 24.3 Å². The summed E-state index contributed by atoms with van der Waals surface area (Å²) in [5, 5.41) is 2.58. The molecule has 1 amide bonds. The van der Waals surface area contributed by atoms with Crippen LogP contribution in [0.4, 0.5) is 4.79 Å². The van der Waals surface area contributed by atoms with Crippen LogP contribution in [-0.4, -0.2) is 24.8 Å². The van der Waals surface area contributed by atoms with Crippen molar-refractivity contribution in [1.29, 1.82) is 0 Å². The molecule has 122 valence electrons. The number of nitrogens with one attached hydrogen (secondary N) is 1. The maximum absolute atomic E-state index is 11.7. The lowest BCUT2D eigenvalue weighted by atomic mass is 10.1. The molecule has 0 aromatic heterocycles. The summed E-state index contributed by atoms with van der Waals surface area (Å²) in [5.41, 5.74) is 7.08. The highest BCUT2D eigenvalue weighted by Crippen LogP contribution is 2.14. The maximum atomic E-state index is 11.7. The second kappa shape index (κ2) is 7.79. The molecular formula is C16H24N2O4. The van der Waals surface area contributed by atoms with Gasteiger partial charge in [-0.15, -0.1) is 0 Å². The van der Waals surface area contributed by atoms with E-state index in [4.69, 9.17) is 10.5 Å². The Balaban J connectivity index is 2.64. The summed E-state index contributed by atoms with van der Waals surface area (Å²) in [6, 6.07) is 7.39. The molecule has 0 saturated carbocycles. The van der Waals surface area contributed by atoms with Crippen LogP contribution in [0.2, 0.25) is 0 Å². The summed E-state index contributed by atoms with van der Waals surface area (Å²) in [4.78, 5) is 22.9. The molecule has 6 nitrogen and oxygen atoms in total. The van der Waals surface area contributed by atoms with Crippen molar-refractivity contribution in [3.63, 3.8) is 0 Å². The van der Waals surface area contributed by atoms with Crippen molar-refractivity contribution >= 4 is 12.1 Å². The Bertz CT molecular complexity index is 523. The van der Waals surface area contributed by atoms with E-state index in [2.05, 4.69) is 10.1 Å². The van der Waals surface area contributed by atoms with E-state index < -0.39 is 17.9 Å². The van der Waals surface area contributed by atoms with Crippen LogP contribution in [-0.2, 0) is 20.7 Å². The number of aryl methyl sites for hydroxylation is 1. The molecule has 1 aromatic carbocycles. The summed E-state index contributed by atoms with van der Waals surface area (Å²) in [7, 11) is 1.36. The largest absolute Gasteiger partial charge is 0.469 e. The molecule has 22 heavy (non-hydrogen) atoms. The van der Waals surface area contributed by atoms with Gasteiger partial charge < -0.3 is 20.5 Å². The van der Waals surface area contributed by atoms with Crippen molar-refractivity contribution in [3.8, 4) is 0 Å². The number of esters is 1. The van der Waals surface area contributed by atoms with Crippen molar-refractivity contribution < 1.29 is 19.1 Å².